The van der Waals surface area contributed by atoms with Crippen LogP contribution in [-0.4, -0.2) is 31.0 Å². The van der Waals surface area contributed by atoms with E-state index in [1.807, 2.05) is 45.0 Å². The lowest BCUT2D eigenvalue weighted by atomic mass is 10.0. The van der Waals surface area contributed by atoms with Gasteiger partial charge in [0.25, 0.3) is 0 Å². The van der Waals surface area contributed by atoms with Crippen molar-refractivity contribution in [2.24, 2.45) is 11.8 Å². The molecule has 190 valence electrons. The van der Waals surface area contributed by atoms with E-state index in [0.29, 0.717) is 16.3 Å². The zero-order chi connectivity index (χ0) is 26.6. The van der Waals surface area contributed by atoms with Crippen LogP contribution >= 0.6 is 11.6 Å². The molecule has 0 fully saturated rings. The standard InChI is InChI=1S/C26H29ClN4O5/c1-15(2)22(32)11-19-9-10-20(12-21(19)27)28-24-29-25(35)31(13-17(4)23(33)34)26(36)30(24)14-18-7-5-16(3)6-8-18/h5-10,12,15,17H,11,13-14H2,1-4H3,(H,33,34)(H,28,29,35)/t17-/m0/s1. The van der Waals surface area contributed by atoms with E-state index in [1.54, 1.807) is 18.2 Å². The summed E-state index contributed by atoms with van der Waals surface area (Å²) in [4.78, 5) is 53.5. The third-order valence-electron chi connectivity index (χ3n) is 5.81. The third kappa shape index (κ3) is 6.48. The molecule has 2 aromatic carbocycles. The highest BCUT2D eigenvalue weighted by molar-refractivity contribution is 6.31. The average molecular weight is 513 g/mol. The van der Waals surface area contributed by atoms with Crippen molar-refractivity contribution in [1.29, 1.82) is 0 Å². The number of rotatable bonds is 10. The lowest BCUT2D eigenvalue weighted by molar-refractivity contribution is -0.141. The molecule has 1 aromatic heterocycles. The summed E-state index contributed by atoms with van der Waals surface area (Å²) in [6.07, 6.45) is 0.199. The number of benzene rings is 2. The van der Waals surface area contributed by atoms with E-state index in [9.17, 15) is 24.3 Å². The molecule has 0 bridgehead atoms. The smallest absolute Gasteiger partial charge is 0.354 e. The Kier molecular flexibility index (Phi) is 8.47. The molecule has 1 atom stereocenters. The number of anilines is 2. The Bertz CT molecular complexity index is 1390. The van der Waals surface area contributed by atoms with E-state index in [-0.39, 0.29) is 37.2 Å². The highest BCUT2D eigenvalue weighted by Gasteiger charge is 2.19. The number of aromatic nitrogens is 3. The first kappa shape index (κ1) is 26.9. The summed E-state index contributed by atoms with van der Waals surface area (Å²) in [5.74, 6) is -2.14. The number of aliphatic carboxylic acids is 1. The number of hydrogen-bond donors (Lipinski definition) is 2. The van der Waals surface area contributed by atoms with E-state index < -0.39 is 23.3 Å². The number of hydrogen-bond acceptors (Lipinski definition) is 6. The van der Waals surface area contributed by atoms with Gasteiger partial charge in [-0.2, -0.15) is 4.98 Å². The van der Waals surface area contributed by atoms with Gasteiger partial charge in [-0.15, -0.1) is 0 Å². The van der Waals surface area contributed by atoms with Crippen molar-refractivity contribution in [2.75, 3.05) is 5.32 Å². The molecule has 0 saturated heterocycles. The number of Topliss-reactive ketones (excluding diaryl/α,β-unsaturated/α-hetero) is 1. The largest absolute Gasteiger partial charge is 0.481 e. The number of nitrogens with zero attached hydrogens (tertiary/aromatic N) is 3. The van der Waals surface area contributed by atoms with Crippen molar-refractivity contribution in [2.45, 2.75) is 47.2 Å². The molecule has 0 aliphatic rings. The monoisotopic (exact) mass is 512 g/mol. The van der Waals surface area contributed by atoms with Gasteiger partial charge in [-0.25, -0.2) is 14.2 Å². The Morgan fingerprint density at radius 2 is 1.72 bits per heavy atom. The van der Waals surface area contributed by atoms with Crippen molar-refractivity contribution in [3.63, 3.8) is 0 Å². The molecular weight excluding hydrogens is 484 g/mol. The van der Waals surface area contributed by atoms with E-state index in [0.717, 1.165) is 15.7 Å². The predicted molar refractivity (Wildman–Crippen MR) is 138 cm³/mol. The Morgan fingerprint density at radius 1 is 1.06 bits per heavy atom. The molecule has 0 saturated carbocycles. The minimum Gasteiger partial charge on any atom is -0.481 e. The molecule has 0 radical (unpaired) electrons. The van der Waals surface area contributed by atoms with E-state index >= 15 is 0 Å². The Hall–Kier alpha value is -3.72. The summed E-state index contributed by atoms with van der Waals surface area (Å²) >= 11 is 6.40. The molecule has 10 heteroatoms. The second-order valence-corrected chi connectivity index (χ2v) is 9.56. The van der Waals surface area contributed by atoms with Crippen LogP contribution in [0.2, 0.25) is 5.02 Å². The molecule has 1 heterocycles. The fourth-order valence-electron chi connectivity index (χ4n) is 3.44. The number of aryl methyl sites for hydroxylation is 1. The third-order valence-corrected chi connectivity index (χ3v) is 6.16. The number of ketones is 1. The Balaban J connectivity index is 2.02. The van der Waals surface area contributed by atoms with Crippen LogP contribution in [0.1, 0.15) is 37.5 Å². The first-order chi connectivity index (χ1) is 17.0. The Morgan fingerprint density at radius 3 is 2.31 bits per heavy atom. The molecule has 0 amide bonds. The van der Waals surface area contributed by atoms with Gasteiger partial charge in [-0.3, -0.25) is 14.2 Å². The normalized spacial score (nSPS) is 11.9. The summed E-state index contributed by atoms with van der Waals surface area (Å²) in [5.41, 5.74) is 1.45. The lowest BCUT2D eigenvalue weighted by Crippen LogP contribution is -2.44. The summed E-state index contributed by atoms with van der Waals surface area (Å²) in [5, 5.41) is 12.6. The van der Waals surface area contributed by atoms with Crippen molar-refractivity contribution in [3.8, 4) is 0 Å². The van der Waals surface area contributed by atoms with Crippen LogP contribution in [0.4, 0.5) is 11.6 Å². The first-order valence-electron chi connectivity index (χ1n) is 11.5. The predicted octanol–water partition coefficient (Wildman–Crippen LogP) is 3.65. The molecular formula is C26H29ClN4O5. The number of carbonyl (C=O) groups excluding carboxylic acids is 1. The minimum absolute atomic E-state index is 0.00752. The second-order valence-electron chi connectivity index (χ2n) is 9.15. The summed E-state index contributed by atoms with van der Waals surface area (Å²) < 4.78 is 2.11. The Labute approximate surface area is 213 Å². The number of nitrogens with one attached hydrogen (secondary N) is 1. The molecule has 0 aliphatic carbocycles. The SMILES string of the molecule is Cc1ccc(Cn2c(Nc3ccc(CC(=O)C(C)C)c(Cl)c3)nc(=O)n(C[C@H](C)C(=O)O)c2=O)cc1. The maximum absolute atomic E-state index is 13.3. The van der Waals surface area contributed by atoms with Crippen molar-refractivity contribution in [3.05, 3.63) is 85.1 Å². The van der Waals surface area contributed by atoms with Gasteiger partial charge < -0.3 is 10.4 Å². The van der Waals surface area contributed by atoms with Crippen LogP contribution in [-0.2, 0) is 29.1 Å². The van der Waals surface area contributed by atoms with Crippen LogP contribution in [0.15, 0.2) is 52.1 Å². The topological polar surface area (TPSA) is 123 Å². The number of carboxylic acids is 1. The molecule has 3 rings (SSSR count). The lowest BCUT2D eigenvalue weighted by Gasteiger charge is -2.17. The van der Waals surface area contributed by atoms with Crippen LogP contribution in [0.3, 0.4) is 0 Å². The summed E-state index contributed by atoms with van der Waals surface area (Å²) in [6, 6.07) is 12.5. The molecule has 36 heavy (non-hydrogen) atoms. The van der Waals surface area contributed by atoms with E-state index in [2.05, 4.69) is 10.3 Å². The van der Waals surface area contributed by atoms with Gasteiger partial charge >= 0.3 is 17.3 Å². The molecule has 0 unspecified atom stereocenters. The van der Waals surface area contributed by atoms with Crippen LogP contribution in [0.5, 0.6) is 0 Å². The minimum atomic E-state index is -1.13. The molecule has 3 aromatic rings. The fraction of sp³-hybridized carbons (Fsp3) is 0.346. The number of carboxylic acid groups (broad SMARTS) is 1. The maximum atomic E-state index is 13.3. The second kappa shape index (κ2) is 11.3. The van der Waals surface area contributed by atoms with Crippen molar-refractivity contribution in [1.82, 2.24) is 14.1 Å². The van der Waals surface area contributed by atoms with Gasteiger partial charge in [-0.1, -0.05) is 68.3 Å². The fourth-order valence-corrected chi connectivity index (χ4v) is 3.69. The molecule has 9 nitrogen and oxygen atoms in total. The van der Waals surface area contributed by atoms with Crippen LogP contribution in [0.25, 0.3) is 0 Å². The highest BCUT2D eigenvalue weighted by Crippen LogP contribution is 2.24. The first-order valence-corrected chi connectivity index (χ1v) is 11.9. The van der Waals surface area contributed by atoms with Gasteiger partial charge in [-0.05, 0) is 30.2 Å². The van der Waals surface area contributed by atoms with Gasteiger partial charge in [0.05, 0.1) is 12.5 Å². The van der Waals surface area contributed by atoms with Crippen molar-refractivity contribution >= 4 is 35.0 Å². The average Bonchev–Trinajstić information content (AvgIpc) is 2.81. The van der Waals surface area contributed by atoms with Crippen LogP contribution < -0.4 is 16.7 Å². The molecule has 0 aliphatic heterocycles. The zero-order valence-electron chi connectivity index (χ0n) is 20.6. The molecule has 0 spiro atoms. The molecule has 2 N–H and O–H groups in total. The zero-order valence-corrected chi connectivity index (χ0v) is 21.4. The van der Waals surface area contributed by atoms with Crippen LogP contribution in [0, 0.1) is 18.8 Å². The van der Waals surface area contributed by atoms with E-state index in [4.69, 9.17) is 11.6 Å². The maximum Gasteiger partial charge on any atom is 0.354 e. The number of halogens is 1. The van der Waals surface area contributed by atoms with E-state index in [1.165, 1.54) is 11.5 Å². The number of carbonyl (C=O) groups is 2. The van der Waals surface area contributed by atoms with Gasteiger partial charge in [0.15, 0.2) is 0 Å². The summed E-state index contributed by atoms with van der Waals surface area (Å²) in [6.45, 7) is 6.80. The van der Waals surface area contributed by atoms with Gasteiger partial charge in [0, 0.05) is 29.6 Å². The van der Waals surface area contributed by atoms with Gasteiger partial charge in [0.1, 0.15) is 5.78 Å². The van der Waals surface area contributed by atoms with Crippen molar-refractivity contribution < 1.29 is 14.7 Å². The summed E-state index contributed by atoms with van der Waals surface area (Å²) in [7, 11) is 0. The van der Waals surface area contributed by atoms with Gasteiger partial charge in [0.2, 0.25) is 5.95 Å². The quantitative estimate of drug-likeness (QED) is 0.425. The highest BCUT2D eigenvalue weighted by atomic mass is 35.5.